The van der Waals surface area contributed by atoms with Crippen molar-refractivity contribution >= 4 is 32.2 Å². The molecule has 5 aromatic rings. The van der Waals surface area contributed by atoms with Crippen LogP contribution in [0.25, 0.3) is 39.0 Å². The second kappa shape index (κ2) is 9.67. The quantitative estimate of drug-likeness (QED) is 0.267. The first-order chi connectivity index (χ1) is 18.0. The molecule has 38 heavy (non-hydrogen) atoms. The molecule has 0 saturated heterocycles. The van der Waals surface area contributed by atoms with Gasteiger partial charge >= 0.3 is 0 Å². The van der Waals surface area contributed by atoms with E-state index in [4.69, 9.17) is 16.6 Å². The van der Waals surface area contributed by atoms with E-state index in [0.29, 0.717) is 33.4 Å². The second-order valence-corrected chi connectivity index (χ2v) is 12.2. The molecule has 0 amide bonds. The first-order valence-electron chi connectivity index (χ1n) is 12.0. The third-order valence-electron chi connectivity index (χ3n) is 6.54. The molecule has 0 aliphatic rings. The molecule has 0 bridgehead atoms. The van der Waals surface area contributed by atoms with Gasteiger partial charge in [-0.3, -0.25) is 4.57 Å². The number of benzene rings is 4. The van der Waals surface area contributed by atoms with Gasteiger partial charge in [0.25, 0.3) is 0 Å². The first kappa shape index (κ1) is 26.1. The van der Waals surface area contributed by atoms with Crippen molar-refractivity contribution in [3.8, 4) is 28.2 Å². The summed E-state index contributed by atoms with van der Waals surface area (Å²) >= 11 is 6.83. The minimum absolute atomic E-state index is 0.0837. The topological polar surface area (TPSA) is 92.4 Å². The van der Waals surface area contributed by atoms with Crippen molar-refractivity contribution < 1.29 is 18.6 Å². The predicted octanol–water partition coefficient (Wildman–Crippen LogP) is 6.14. The zero-order chi connectivity index (χ0) is 27.2. The third-order valence-corrected chi connectivity index (χ3v) is 8.02. The number of aromatic nitrogens is 2. The van der Waals surface area contributed by atoms with Crippen molar-refractivity contribution in [2.24, 2.45) is 0 Å². The molecule has 0 spiro atoms. The van der Waals surface area contributed by atoms with Gasteiger partial charge < -0.3 is 10.2 Å². The average Bonchev–Trinajstić information content (AvgIpc) is 3.33. The van der Waals surface area contributed by atoms with Crippen LogP contribution in [0.2, 0.25) is 5.02 Å². The Morgan fingerprint density at radius 2 is 1.63 bits per heavy atom. The van der Waals surface area contributed by atoms with E-state index in [1.165, 1.54) is 0 Å². The molecule has 4 aromatic carbocycles. The average molecular weight is 547 g/mol. The number of fused-ring (bicyclic) bond motifs is 1. The largest absolute Gasteiger partial charge is 0.392 e. The van der Waals surface area contributed by atoms with Gasteiger partial charge in [0, 0.05) is 18.0 Å². The summed E-state index contributed by atoms with van der Waals surface area (Å²) in [7, 11) is -3.53. The van der Waals surface area contributed by atoms with Crippen LogP contribution >= 0.6 is 11.6 Å². The molecule has 0 aliphatic carbocycles. The van der Waals surface area contributed by atoms with Gasteiger partial charge in [-0.25, -0.2) is 13.4 Å². The Bertz CT molecular complexity index is 1780. The molecule has 0 aliphatic heterocycles. The number of rotatable bonds is 6. The van der Waals surface area contributed by atoms with Crippen LogP contribution in [-0.4, -0.2) is 34.4 Å². The highest BCUT2D eigenvalue weighted by molar-refractivity contribution is 7.90. The van der Waals surface area contributed by atoms with E-state index < -0.39 is 15.4 Å². The second-order valence-electron chi connectivity index (χ2n) is 9.82. The van der Waals surface area contributed by atoms with Gasteiger partial charge in [0.15, 0.2) is 9.84 Å². The van der Waals surface area contributed by atoms with Gasteiger partial charge in [0.1, 0.15) is 11.4 Å². The highest BCUT2D eigenvalue weighted by Crippen LogP contribution is 2.36. The summed E-state index contributed by atoms with van der Waals surface area (Å²) in [5, 5.41) is 22.9. The third kappa shape index (κ3) is 4.86. The predicted molar refractivity (Wildman–Crippen MR) is 151 cm³/mol. The number of hydrogen-bond donors (Lipinski definition) is 2. The van der Waals surface area contributed by atoms with E-state index in [9.17, 15) is 18.6 Å². The van der Waals surface area contributed by atoms with Gasteiger partial charge in [-0.1, -0.05) is 72.3 Å². The molecular weight excluding hydrogens is 520 g/mol. The molecule has 5 rings (SSSR count). The number of aliphatic hydroxyl groups excluding tert-OH is 1. The summed E-state index contributed by atoms with van der Waals surface area (Å²) in [6.45, 7) is 3.00. The van der Waals surface area contributed by atoms with E-state index >= 15 is 0 Å². The summed E-state index contributed by atoms with van der Waals surface area (Å²) in [6, 6.07) is 24.4. The maximum atomic E-state index is 12.3. The highest BCUT2D eigenvalue weighted by Gasteiger charge is 2.24. The van der Waals surface area contributed by atoms with E-state index in [0.717, 1.165) is 28.2 Å². The number of hydrogen-bond acceptors (Lipinski definition) is 5. The molecule has 0 unspecified atom stereocenters. The van der Waals surface area contributed by atoms with Crippen molar-refractivity contribution in [1.29, 1.82) is 0 Å². The summed E-state index contributed by atoms with van der Waals surface area (Å²) in [5.74, 6) is 0.639. The summed E-state index contributed by atoms with van der Waals surface area (Å²) in [4.78, 5) is 4.91. The molecule has 194 valence electrons. The Morgan fingerprint density at radius 3 is 2.32 bits per heavy atom. The van der Waals surface area contributed by atoms with Crippen molar-refractivity contribution in [2.45, 2.75) is 31.0 Å². The lowest BCUT2D eigenvalue weighted by molar-refractivity contribution is 0.0743. The lowest BCUT2D eigenvalue weighted by atomic mass is 10.0. The smallest absolute Gasteiger partial charge is 0.175 e. The Morgan fingerprint density at radius 1 is 0.947 bits per heavy atom. The maximum absolute atomic E-state index is 12.3. The molecule has 1 heterocycles. The van der Waals surface area contributed by atoms with Crippen LogP contribution in [-0.2, 0) is 22.0 Å². The molecule has 2 N–H and O–H groups in total. The number of aliphatic hydroxyl groups is 2. The van der Waals surface area contributed by atoms with Gasteiger partial charge in [0.05, 0.1) is 27.9 Å². The monoisotopic (exact) mass is 546 g/mol. The van der Waals surface area contributed by atoms with Gasteiger partial charge in [-0.2, -0.15) is 0 Å². The molecule has 8 heteroatoms. The van der Waals surface area contributed by atoms with E-state index in [2.05, 4.69) is 0 Å². The maximum Gasteiger partial charge on any atom is 0.175 e. The summed E-state index contributed by atoms with van der Waals surface area (Å²) in [6.07, 6.45) is 2.91. The van der Waals surface area contributed by atoms with Crippen LogP contribution in [0, 0.1) is 0 Å². The lowest BCUT2D eigenvalue weighted by Crippen LogP contribution is -2.15. The minimum atomic E-state index is -3.53. The van der Waals surface area contributed by atoms with Crippen LogP contribution in [0.3, 0.4) is 0 Å². The normalized spacial score (nSPS) is 12.3. The molecule has 0 atom stereocenters. The van der Waals surface area contributed by atoms with E-state index in [1.807, 2.05) is 59.2 Å². The Labute approximate surface area is 226 Å². The Balaban J connectivity index is 1.67. The lowest BCUT2D eigenvalue weighted by Gasteiger charge is -2.14. The van der Waals surface area contributed by atoms with Gasteiger partial charge in [0.2, 0.25) is 0 Å². The summed E-state index contributed by atoms with van der Waals surface area (Å²) < 4.78 is 26.4. The highest BCUT2D eigenvalue weighted by atomic mass is 35.5. The number of sulfone groups is 1. The molecule has 0 saturated carbocycles. The Hall–Kier alpha value is -3.49. The van der Waals surface area contributed by atoms with Crippen LogP contribution in [0.15, 0.2) is 90.0 Å². The fraction of sp³-hybridized carbons (Fsp3) is 0.167. The Kier molecular flexibility index (Phi) is 6.65. The molecule has 0 fully saturated rings. The van der Waals surface area contributed by atoms with Gasteiger partial charge in [-0.05, 0) is 59.5 Å². The standard InChI is InChI=1S/C30H27ClN2O4S/c1-30(2,35)28-17-33(29(32-28)24-10-6-8-19-7-4-5-9-23(19)24)26-14-13-20(15-25(26)31)21-11-12-22(18-34)27(16-21)38(3,36)37/h4-17,34-35H,18H2,1-3H3. The molecule has 1 aromatic heterocycles. The summed E-state index contributed by atoms with van der Waals surface area (Å²) in [5.41, 5.74) is 2.62. The number of imidazole rings is 1. The van der Waals surface area contributed by atoms with Crippen molar-refractivity contribution in [1.82, 2.24) is 9.55 Å². The zero-order valence-corrected chi connectivity index (χ0v) is 22.8. The molecule has 0 radical (unpaired) electrons. The van der Waals surface area contributed by atoms with Crippen molar-refractivity contribution in [3.05, 3.63) is 101 Å². The fourth-order valence-corrected chi connectivity index (χ4v) is 5.78. The van der Waals surface area contributed by atoms with Crippen LogP contribution < -0.4 is 0 Å². The fourth-order valence-electron chi connectivity index (χ4n) is 4.56. The number of halogens is 1. The van der Waals surface area contributed by atoms with Crippen molar-refractivity contribution in [3.63, 3.8) is 0 Å². The molecule has 6 nitrogen and oxygen atoms in total. The van der Waals surface area contributed by atoms with E-state index in [-0.39, 0.29) is 11.5 Å². The first-order valence-corrected chi connectivity index (χ1v) is 14.3. The number of nitrogens with zero attached hydrogens (tertiary/aromatic N) is 2. The van der Waals surface area contributed by atoms with Crippen LogP contribution in [0.1, 0.15) is 25.1 Å². The van der Waals surface area contributed by atoms with Crippen LogP contribution in [0.5, 0.6) is 0 Å². The SMILES string of the molecule is CC(C)(O)c1cn(-c2ccc(-c3ccc(CO)c(S(C)(=O)=O)c3)cc2Cl)c(-c2cccc3ccccc23)n1. The van der Waals surface area contributed by atoms with Crippen LogP contribution in [0.4, 0.5) is 0 Å². The molecular formula is C30H27ClN2O4S. The zero-order valence-electron chi connectivity index (χ0n) is 21.2. The van der Waals surface area contributed by atoms with Crippen molar-refractivity contribution in [2.75, 3.05) is 6.26 Å². The van der Waals surface area contributed by atoms with E-state index in [1.54, 1.807) is 44.3 Å². The minimum Gasteiger partial charge on any atom is -0.392 e. The van der Waals surface area contributed by atoms with Gasteiger partial charge in [-0.15, -0.1) is 0 Å².